The molecule has 2 amide bonds. The molecule has 0 aliphatic heterocycles. The molecule has 0 bridgehead atoms. The first-order chi connectivity index (χ1) is 13.9. The Morgan fingerprint density at radius 3 is 2.41 bits per heavy atom. The maximum absolute atomic E-state index is 12.6. The first-order valence-corrected chi connectivity index (χ1v) is 9.93. The van der Waals surface area contributed by atoms with Crippen LogP contribution in [-0.4, -0.2) is 30.6 Å². The Balaban J connectivity index is 1.92. The van der Waals surface area contributed by atoms with Gasteiger partial charge in [0.2, 0.25) is 5.91 Å². The fourth-order valence-corrected chi connectivity index (χ4v) is 2.72. The number of carbonyl (C=O) groups is 2. The molecule has 0 aliphatic rings. The molecule has 0 unspecified atom stereocenters. The van der Waals surface area contributed by atoms with E-state index in [0.29, 0.717) is 36.7 Å². The second-order valence-corrected chi connectivity index (χ2v) is 7.39. The van der Waals surface area contributed by atoms with Gasteiger partial charge in [0.25, 0.3) is 5.91 Å². The van der Waals surface area contributed by atoms with Gasteiger partial charge in [-0.05, 0) is 54.4 Å². The molecular formula is C22H27N3O3S. The number of anilines is 1. The molecule has 6 nitrogen and oxygen atoms in total. The SMILES string of the molecule is CNC(=O)CCc1ccc(NC(=S)NC(=O)c2ccccc2OCC(C)C)cc1. The van der Waals surface area contributed by atoms with E-state index in [2.05, 4.69) is 16.0 Å². The summed E-state index contributed by atoms with van der Waals surface area (Å²) < 4.78 is 5.73. The largest absolute Gasteiger partial charge is 0.492 e. The van der Waals surface area contributed by atoms with Crippen molar-refractivity contribution in [1.29, 1.82) is 0 Å². The topological polar surface area (TPSA) is 79.5 Å². The van der Waals surface area contributed by atoms with Gasteiger partial charge in [-0.1, -0.05) is 38.1 Å². The zero-order valence-corrected chi connectivity index (χ0v) is 17.8. The Bertz CT molecular complexity index is 851. The van der Waals surface area contributed by atoms with Gasteiger partial charge >= 0.3 is 0 Å². The van der Waals surface area contributed by atoms with Gasteiger partial charge in [-0.2, -0.15) is 0 Å². The summed E-state index contributed by atoms with van der Waals surface area (Å²) in [6.07, 6.45) is 1.10. The smallest absolute Gasteiger partial charge is 0.261 e. The van der Waals surface area contributed by atoms with Crippen molar-refractivity contribution < 1.29 is 14.3 Å². The van der Waals surface area contributed by atoms with Crippen LogP contribution >= 0.6 is 12.2 Å². The molecule has 154 valence electrons. The number of rotatable bonds is 8. The van der Waals surface area contributed by atoms with Crippen LogP contribution in [0.5, 0.6) is 5.75 Å². The fourth-order valence-electron chi connectivity index (χ4n) is 2.51. The van der Waals surface area contributed by atoms with Crippen LogP contribution in [0.15, 0.2) is 48.5 Å². The monoisotopic (exact) mass is 413 g/mol. The summed E-state index contributed by atoms with van der Waals surface area (Å²) >= 11 is 5.26. The molecule has 3 N–H and O–H groups in total. The van der Waals surface area contributed by atoms with Crippen molar-refractivity contribution >= 4 is 34.8 Å². The average Bonchev–Trinajstić information content (AvgIpc) is 2.71. The van der Waals surface area contributed by atoms with Crippen LogP contribution in [0.1, 0.15) is 36.2 Å². The zero-order valence-electron chi connectivity index (χ0n) is 17.0. The van der Waals surface area contributed by atoms with E-state index < -0.39 is 0 Å². The van der Waals surface area contributed by atoms with Gasteiger partial charge in [-0.25, -0.2) is 0 Å². The molecule has 2 aromatic carbocycles. The number of nitrogens with one attached hydrogen (secondary N) is 3. The van der Waals surface area contributed by atoms with E-state index in [9.17, 15) is 9.59 Å². The summed E-state index contributed by atoms with van der Waals surface area (Å²) in [5, 5.41) is 8.48. The van der Waals surface area contributed by atoms with E-state index in [0.717, 1.165) is 11.3 Å². The summed E-state index contributed by atoms with van der Waals surface area (Å²) in [5.41, 5.74) is 2.23. The van der Waals surface area contributed by atoms with Gasteiger partial charge < -0.3 is 15.4 Å². The van der Waals surface area contributed by atoms with Crippen molar-refractivity contribution in [3.8, 4) is 5.75 Å². The first kappa shape index (κ1) is 22.4. The Hall–Kier alpha value is -2.93. The summed E-state index contributed by atoms with van der Waals surface area (Å²) in [5.74, 6) is 0.563. The third-order valence-electron chi connectivity index (χ3n) is 4.06. The minimum atomic E-state index is -0.330. The molecule has 0 aliphatic carbocycles. The number of hydrogen-bond donors (Lipinski definition) is 3. The van der Waals surface area contributed by atoms with Crippen LogP contribution in [0.25, 0.3) is 0 Å². The van der Waals surface area contributed by atoms with Crippen LogP contribution in [0.3, 0.4) is 0 Å². The fraction of sp³-hybridized carbons (Fsp3) is 0.318. The van der Waals surface area contributed by atoms with Crippen molar-refractivity contribution in [2.75, 3.05) is 19.0 Å². The van der Waals surface area contributed by atoms with E-state index in [1.54, 1.807) is 25.2 Å². The third kappa shape index (κ3) is 7.54. The average molecular weight is 414 g/mol. The Morgan fingerprint density at radius 1 is 1.07 bits per heavy atom. The number of para-hydroxylation sites is 1. The molecule has 0 heterocycles. The molecule has 0 radical (unpaired) electrons. The van der Waals surface area contributed by atoms with Gasteiger partial charge in [0.05, 0.1) is 12.2 Å². The molecule has 2 aromatic rings. The zero-order chi connectivity index (χ0) is 21.2. The van der Waals surface area contributed by atoms with E-state index in [1.165, 1.54) is 0 Å². The normalized spacial score (nSPS) is 10.3. The molecule has 0 saturated heterocycles. The minimum absolute atomic E-state index is 0.00810. The summed E-state index contributed by atoms with van der Waals surface area (Å²) in [6, 6.07) is 14.6. The second-order valence-electron chi connectivity index (χ2n) is 6.98. The lowest BCUT2D eigenvalue weighted by Gasteiger charge is -2.14. The minimum Gasteiger partial charge on any atom is -0.492 e. The number of carbonyl (C=O) groups excluding carboxylic acids is 2. The number of hydrogen-bond acceptors (Lipinski definition) is 4. The van der Waals surface area contributed by atoms with Crippen LogP contribution in [0.4, 0.5) is 5.69 Å². The number of amides is 2. The molecule has 0 aromatic heterocycles. The highest BCUT2D eigenvalue weighted by atomic mass is 32.1. The van der Waals surface area contributed by atoms with Gasteiger partial charge in [0.15, 0.2) is 5.11 Å². The quantitative estimate of drug-likeness (QED) is 0.577. The van der Waals surface area contributed by atoms with E-state index in [1.807, 2.05) is 44.2 Å². The summed E-state index contributed by atoms with van der Waals surface area (Å²) in [6.45, 7) is 4.62. The van der Waals surface area contributed by atoms with Crippen molar-refractivity contribution in [3.63, 3.8) is 0 Å². The highest BCUT2D eigenvalue weighted by Crippen LogP contribution is 2.19. The Labute approximate surface area is 177 Å². The van der Waals surface area contributed by atoms with Crippen LogP contribution in [0, 0.1) is 5.92 Å². The lowest BCUT2D eigenvalue weighted by atomic mass is 10.1. The Kier molecular flexibility index (Phi) is 8.61. The lowest BCUT2D eigenvalue weighted by molar-refractivity contribution is -0.120. The van der Waals surface area contributed by atoms with Crippen LogP contribution in [-0.2, 0) is 11.2 Å². The van der Waals surface area contributed by atoms with E-state index in [-0.39, 0.29) is 16.9 Å². The van der Waals surface area contributed by atoms with Gasteiger partial charge in [-0.3, -0.25) is 14.9 Å². The molecule has 2 rings (SSSR count). The van der Waals surface area contributed by atoms with Crippen molar-refractivity contribution in [3.05, 3.63) is 59.7 Å². The molecule has 29 heavy (non-hydrogen) atoms. The summed E-state index contributed by atoms with van der Waals surface area (Å²) in [7, 11) is 1.62. The maximum Gasteiger partial charge on any atom is 0.261 e. The molecule has 0 atom stereocenters. The molecule has 0 fully saturated rings. The lowest BCUT2D eigenvalue weighted by Crippen LogP contribution is -2.34. The molecule has 7 heteroatoms. The number of aryl methyl sites for hydroxylation is 1. The molecule has 0 spiro atoms. The number of ether oxygens (including phenoxy) is 1. The summed E-state index contributed by atoms with van der Waals surface area (Å²) in [4.78, 5) is 23.9. The van der Waals surface area contributed by atoms with E-state index >= 15 is 0 Å². The van der Waals surface area contributed by atoms with Crippen LogP contribution < -0.4 is 20.7 Å². The molecular weight excluding hydrogens is 386 g/mol. The van der Waals surface area contributed by atoms with Gasteiger partial charge in [0, 0.05) is 19.2 Å². The van der Waals surface area contributed by atoms with Crippen molar-refractivity contribution in [2.45, 2.75) is 26.7 Å². The predicted molar refractivity (Wildman–Crippen MR) is 119 cm³/mol. The third-order valence-corrected chi connectivity index (χ3v) is 4.27. The van der Waals surface area contributed by atoms with E-state index in [4.69, 9.17) is 17.0 Å². The number of thiocarbonyl (C=S) groups is 1. The molecule has 0 saturated carbocycles. The maximum atomic E-state index is 12.6. The van der Waals surface area contributed by atoms with Gasteiger partial charge in [0.1, 0.15) is 5.75 Å². The van der Waals surface area contributed by atoms with Crippen LogP contribution in [0.2, 0.25) is 0 Å². The Morgan fingerprint density at radius 2 is 1.76 bits per heavy atom. The highest BCUT2D eigenvalue weighted by molar-refractivity contribution is 7.80. The first-order valence-electron chi connectivity index (χ1n) is 9.52. The number of benzene rings is 2. The predicted octanol–water partition coefficient (Wildman–Crippen LogP) is 3.53. The van der Waals surface area contributed by atoms with Gasteiger partial charge in [-0.15, -0.1) is 0 Å². The van der Waals surface area contributed by atoms with Crippen molar-refractivity contribution in [2.24, 2.45) is 5.92 Å². The highest BCUT2D eigenvalue weighted by Gasteiger charge is 2.14. The van der Waals surface area contributed by atoms with Crippen molar-refractivity contribution in [1.82, 2.24) is 10.6 Å². The standard InChI is InChI=1S/C22H27N3O3S/c1-15(2)14-28-19-7-5-4-6-18(19)21(27)25-22(29)24-17-11-8-16(9-12-17)10-13-20(26)23-3/h4-9,11-12,15H,10,13-14H2,1-3H3,(H,23,26)(H2,24,25,27,29). The second kappa shape index (κ2) is 11.2.